The monoisotopic (exact) mass is 234 g/mol. The van der Waals surface area contributed by atoms with Gasteiger partial charge in [0, 0.05) is 10.9 Å². The van der Waals surface area contributed by atoms with Gasteiger partial charge in [-0.25, -0.2) is 0 Å². The standard InChI is InChI=1S/C10H9Cl3/c1-3-6(2)9-7(11)4-5-8(12)10(9)13/h3-6H,1H2,2H3. The van der Waals surface area contributed by atoms with Crippen LogP contribution in [0.25, 0.3) is 0 Å². The van der Waals surface area contributed by atoms with E-state index < -0.39 is 0 Å². The third-order valence-corrected chi connectivity index (χ3v) is 3.04. The maximum absolute atomic E-state index is 6.01. The predicted molar refractivity (Wildman–Crippen MR) is 60.1 cm³/mol. The zero-order valence-corrected chi connectivity index (χ0v) is 9.42. The third kappa shape index (κ3) is 2.19. The predicted octanol–water partition coefficient (Wildman–Crippen LogP) is 4.94. The first-order valence-electron chi connectivity index (χ1n) is 3.84. The van der Waals surface area contributed by atoms with Crippen LogP contribution in [0.1, 0.15) is 18.4 Å². The van der Waals surface area contributed by atoms with E-state index in [0.717, 1.165) is 5.56 Å². The van der Waals surface area contributed by atoms with E-state index in [1.165, 1.54) is 0 Å². The third-order valence-electron chi connectivity index (χ3n) is 1.89. The van der Waals surface area contributed by atoms with Crippen molar-refractivity contribution in [3.63, 3.8) is 0 Å². The second-order valence-corrected chi connectivity index (χ2v) is 3.97. The van der Waals surface area contributed by atoms with Crippen molar-refractivity contribution in [3.8, 4) is 0 Å². The molecule has 3 heteroatoms. The van der Waals surface area contributed by atoms with Crippen LogP contribution >= 0.6 is 34.8 Å². The van der Waals surface area contributed by atoms with Crippen LogP contribution < -0.4 is 0 Å². The van der Waals surface area contributed by atoms with Crippen molar-refractivity contribution in [2.45, 2.75) is 12.8 Å². The lowest BCUT2D eigenvalue weighted by atomic mass is 10.0. The zero-order chi connectivity index (χ0) is 10.0. The first kappa shape index (κ1) is 10.9. The fourth-order valence-corrected chi connectivity index (χ4v) is 1.96. The van der Waals surface area contributed by atoms with Crippen molar-refractivity contribution >= 4 is 34.8 Å². The molecule has 0 nitrogen and oxygen atoms in total. The number of rotatable bonds is 2. The number of hydrogen-bond acceptors (Lipinski definition) is 0. The highest BCUT2D eigenvalue weighted by atomic mass is 35.5. The maximum atomic E-state index is 6.01. The Morgan fingerprint density at radius 1 is 1.23 bits per heavy atom. The molecule has 0 aromatic heterocycles. The minimum atomic E-state index is 0.110. The van der Waals surface area contributed by atoms with Gasteiger partial charge in [0.2, 0.25) is 0 Å². The molecule has 0 heterocycles. The summed E-state index contributed by atoms with van der Waals surface area (Å²) >= 11 is 17.9. The molecule has 0 spiro atoms. The van der Waals surface area contributed by atoms with Crippen molar-refractivity contribution in [1.82, 2.24) is 0 Å². The van der Waals surface area contributed by atoms with Crippen molar-refractivity contribution in [3.05, 3.63) is 45.4 Å². The lowest BCUT2D eigenvalue weighted by molar-refractivity contribution is 0.972. The molecule has 0 aliphatic rings. The molecule has 0 fully saturated rings. The van der Waals surface area contributed by atoms with Crippen molar-refractivity contribution < 1.29 is 0 Å². The second kappa shape index (κ2) is 4.36. The summed E-state index contributed by atoms with van der Waals surface area (Å²) in [4.78, 5) is 0. The van der Waals surface area contributed by atoms with Crippen molar-refractivity contribution in [2.24, 2.45) is 0 Å². The first-order valence-corrected chi connectivity index (χ1v) is 4.97. The summed E-state index contributed by atoms with van der Waals surface area (Å²) in [6, 6.07) is 3.43. The number of hydrogen-bond donors (Lipinski definition) is 0. The number of allylic oxidation sites excluding steroid dienone is 1. The van der Waals surface area contributed by atoms with Gasteiger partial charge < -0.3 is 0 Å². The van der Waals surface area contributed by atoms with Crippen LogP contribution in [-0.2, 0) is 0 Å². The molecule has 13 heavy (non-hydrogen) atoms. The van der Waals surface area contributed by atoms with Crippen LogP contribution in [-0.4, -0.2) is 0 Å². The van der Waals surface area contributed by atoms with Crippen LogP contribution in [0.4, 0.5) is 0 Å². The molecule has 1 unspecified atom stereocenters. The number of halogens is 3. The van der Waals surface area contributed by atoms with E-state index in [1.54, 1.807) is 18.2 Å². The summed E-state index contributed by atoms with van der Waals surface area (Å²) in [5, 5.41) is 1.66. The maximum Gasteiger partial charge on any atom is 0.0645 e. The molecule has 0 saturated carbocycles. The Morgan fingerprint density at radius 3 is 2.31 bits per heavy atom. The van der Waals surface area contributed by atoms with Crippen LogP contribution in [0.15, 0.2) is 24.8 Å². The SMILES string of the molecule is C=CC(C)c1c(Cl)ccc(Cl)c1Cl. The minimum absolute atomic E-state index is 0.110. The molecule has 1 aromatic rings. The highest BCUT2D eigenvalue weighted by Crippen LogP contribution is 2.36. The van der Waals surface area contributed by atoms with Crippen molar-refractivity contribution in [1.29, 1.82) is 0 Å². The van der Waals surface area contributed by atoms with Gasteiger partial charge in [-0.15, -0.1) is 6.58 Å². The molecule has 0 radical (unpaired) electrons. The lowest BCUT2D eigenvalue weighted by Crippen LogP contribution is -1.92. The topological polar surface area (TPSA) is 0 Å². The van der Waals surface area contributed by atoms with E-state index in [4.69, 9.17) is 34.8 Å². The van der Waals surface area contributed by atoms with E-state index in [-0.39, 0.29) is 5.92 Å². The first-order chi connectivity index (χ1) is 6.07. The molecule has 70 valence electrons. The highest BCUT2D eigenvalue weighted by Gasteiger charge is 2.13. The average Bonchev–Trinajstić information content (AvgIpc) is 2.12. The van der Waals surface area contributed by atoms with Gasteiger partial charge >= 0.3 is 0 Å². The minimum Gasteiger partial charge on any atom is -0.102 e. The molecule has 0 amide bonds. The lowest BCUT2D eigenvalue weighted by Gasteiger charge is -2.11. The van der Waals surface area contributed by atoms with Gasteiger partial charge in [0.15, 0.2) is 0 Å². The summed E-state index contributed by atoms with van der Waals surface area (Å²) in [6.45, 7) is 5.66. The summed E-state index contributed by atoms with van der Waals surface area (Å²) in [5.41, 5.74) is 0.839. The van der Waals surface area contributed by atoms with Crippen LogP contribution in [0.2, 0.25) is 15.1 Å². The smallest absolute Gasteiger partial charge is 0.0645 e. The Balaban J connectivity index is 3.32. The van der Waals surface area contributed by atoms with Gasteiger partial charge in [0.1, 0.15) is 0 Å². The van der Waals surface area contributed by atoms with Gasteiger partial charge in [0.05, 0.1) is 10.0 Å². The van der Waals surface area contributed by atoms with E-state index >= 15 is 0 Å². The fourth-order valence-electron chi connectivity index (χ4n) is 1.08. The molecule has 0 saturated heterocycles. The molecule has 0 N–H and O–H groups in total. The summed E-state index contributed by atoms with van der Waals surface area (Å²) < 4.78 is 0. The Kier molecular flexibility index (Phi) is 3.66. The van der Waals surface area contributed by atoms with Crippen molar-refractivity contribution in [2.75, 3.05) is 0 Å². The average molecular weight is 236 g/mol. The van der Waals surface area contributed by atoms with Crippen LogP contribution in [0, 0.1) is 0 Å². The Bertz CT molecular complexity index is 331. The molecule has 0 aliphatic carbocycles. The Hall–Kier alpha value is -0.170. The van der Waals surface area contributed by atoms with E-state index in [1.807, 2.05) is 6.92 Å². The van der Waals surface area contributed by atoms with Gasteiger partial charge in [-0.3, -0.25) is 0 Å². The molecular formula is C10H9Cl3. The summed E-state index contributed by atoms with van der Waals surface area (Å²) in [5.74, 6) is 0.110. The van der Waals surface area contributed by atoms with Gasteiger partial charge in [-0.1, -0.05) is 47.8 Å². The molecule has 0 aliphatic heterocycles. The molecule has 0 bridgehead atoms. The van der Waals surface area contributed by atoms with Gasteiger partial charge in [-0.05, 0) is 17.7 Å². The Morgan fingerprint density at radius 2 is 1.77 bits per heavy atom. The second-order valence-electron chi connectivity index (χ2n) is 2.78. The quantitative estimate of drug-likeness (QED) is 0.503. The molecular weight excluding hydrogens is 226 g/mol. The van der Waals surface area contributed by atoms with Crippen LogP contribution in [0.3, 0.4) is 0 Å². The Labute approximate surface area is 93.1 Å². The van der Waals surface area contributed by atoms with E-state index in [2.05, 4.69) is 6.58 Å². The zero-order valence-electron chi connectivity index (χ0n) is 7.15. The summed E-state index contributed by atoms with van der Waals surface area (Å²) in [7, 11) is 0. The molecule has 1 atom stereocenters. The molecule has 1 aromatic carbocycles. The summed E-state index contributed by atoms with van der Waals surface area (Å²) in [6.07, 6.45) is 1.78. The number of benzene rings is 1. The van der Waals surface area contributed by atoms with Gasteiger partial charge in [-0.2, -0.15) is 0 Å². The largest absolute Gasteiger partial charge is 0.102 e. The van der Waals surface area contributed by atoms with Gasteiger partial charge in [0.25, 0.3) is 0 Å². The van der Waals surface area contributed by atoms with Crippen LogP contribution in [0.5, 0.6) is 0 Å². The molecule has 1 rings (SSSR count). The normalized spacial score (nSPS) is 12.6. The highest BCUT2D eigenvalue weighted by molar-refractivity contribution is 6.44. The van der Waals surface area contributed by atoms with E-state index in [9.17, 15) is 0 Å². The van der Waals surface area contributed by atoms with E-state index in [0.29, 0.717) is 15.1 Å². The fraction of sp³-hybridized carbons (Fsp3) is 0.200.